The molecule has 0 atom stereocenters. The topological polar surface area (TPSA) is 65.7 Å². The lowest BCUT2D eigenvalue weighted by Gasteiger charge is -2.09. The van der Waals surface area contributed by atoms with Crippen LogP contribution in [-0.2, 0) is 16.0 Å². The molecule has 3 aromatic rings. The Hall–Kier alpha value is -3.34. The normalized spacial score (nSPS) is 11.0. The van der Waals surface area contributed by atoms with Crippen LogP contribution in [-0.4, -0.2) is 19.7 Å². The Balaban J connectivity index is 1.77. The van der Waals surface area contributed by atoms with Gasteiger partial charge in [0.1, 0.15) is 17.9 Å². The van der Waals surface area contributed by atoms with E-state index in [-0.39, 0.29) is 6.42 Å². The van der Waals surface area contributed by atoms with Crippen molar-refractivity contribution in [3.8, 4) is 5.75 Å². The minimum absolute atomic E-state index is 0.108. The van der Waals surface area contributed by atoms with Gasteiger partial charge in [-0.1, -0.05) is 36.4 Å². The molecule has 1 aromatic heterocycles. The summed E-state index contributed by atoms with van der Waals surface area (Å²) in [5, 5.41) is 0.765. The smallest absolute Gasteiger partial charge is 0.340 e. The molecule has 5 heteroatoms. The molecule has 138 valence electrons. The van der Waals surface area contributed by atoms with Gasteiger partial charge in [0.2, 0.25) is 0 Å². The lowest BCUT2D eigenvalue weighted by Crippen LogP contribution is -2.16. The molecule has 0 radical (unpaired) electrons. The molecule has 0 saturated heterocycles. The average Bonchev–Trinajstić information content (AvgIpc) is 2.69. The van der Waals surface area contributed by atoms with Crippen molar-refractivity contribution in [1.29, 1.82) is 0 Å². The highest BCUT2D eigenvalue weighted by atomic mass is 16.5. The van der Waals surface area contributed by atoms with Gasteiger partial charge in [0.15, 0.2) is 0 Å². The number of hydrogen-bond acceptors (Lipinski definition) is 5. The number of carbonyl (C=O) groups excluding carboxylic acids is 1. The third kappa shape index (κ3) is 4.44. The quantitative estimate of drug-likeness (QED) is 0.490. The van der Waals surface area contributed by atoms with Crippen molar-refractivity contribution < 1.29 is 18.7 Å². The first-order valence-corrected chi connectivity index (χ1v) is 8.56. The van der Waals surface area contributed by atoms with Gasteiger partial charge in [-0.05, 0) is 36.3 Å². The van der Waals surface area contributed by atoms with Crippen LogP contribution >= 0.6 is 0 Å². The summed E-state index contributed by atoms with van der Waals surface area (Å²) >= 11 is 0. The number of fused-ring (bicyclic) bond motifs is 1. The maximum Gasteiger partial charge on any atom is 0.340 e. The van der Waals surface area contributed by atoms with Crippen molar-refractivity contribution in [2.45, 2.75) is 13.3 Å². The third-order valence-electron chi connectivity index (χ3n) is 4.26. The summed E-state index contributed by atoms with van der Waals surface area (Å²) in [6.45, 7) is 2.19. The van der Waals surface area contributed by atoms with E-state index in [4.69, 9.17) is 9.15 Å². The van der Waals surface area contributed by atoms with E-state index in [2.05, 4.69) is 4.74 Å². The Morgan fingerprint density at radius 1 is 1.15 bits per heavy atom. The molecule has 27 heavy (non-hydrogen) atoms. The zero-order chi connectivity index (χ0) is 19.2. The Morgan fingerprint density at radius 2 is 1.93 bits per heavy atom. The summed E-state index contributed by atoms with van der Waals surface area (Å²) in [5.74, 6) is 0.124. The van der Waals surface area contributed by atoms with Crippen molar-refractivity contribution in [2.75, 3.05) is 13.7 Å². The minimum Gasteiger partial charge on any atom is -0.489 e. The monoisotopic (exact) mass is 364 g/mol. The van der Waals surface area contributed by atoms with E-state index in [9.17, 15) is 9.59 Å². The predicted molar refractivity (Wildman–Crippen MR) is 104 cm³/mol. The summed E-state index contributed by atoms with van der Waals surface area (Å²) in [4.78, 5) is 23.7. The summed E-state index contributed by atoms with van der Waals surface area (Å²) < 4.78 is 15.7. The molecule has 0 unspecified atom stereocenters. The minimum atomic E-state index is -0.536. The van der Waals surface area contributed by atoms with E-state index in [0.29, 0.717) is 29.1 Å². The fourth-order valence-electron chi connectivity index (χ4n) is 2.78. The predicted octanol–water partition coefficient (Wildman–Crippen LogP) is 3.91. The second-order valence-electron chi connectivity index (χ2n) is 6.03. The molecule has 0 spiro atoms. The number of rotatable bonds is 6. The van der Waals surface area contributed by atoms with Crippen LogP contribution < -0.4 is 10.4 Å². The lowest BCUT2D eigenvalue weighted by molar-refractivity contribution is -0.139. The summed E-state index contributed by atoms with van der Waals surface area (Å²) in [6.07, 6.45) is 3.79. The third-order valence-corrected chi connectivity index (χ3v) is 4.26. The SMILES string of the molecule is COC(=O)Cc1c(C)c2ccc(OCC=Cc3ccccc3)cc2oc1=O. The molecule has 3 rings (SSSR count). The molecule has 0 fully saturated rings. The summed E-state index contributed by atoms with van der Waals surface area (Å²) in [7, 11) is 1.29. The van der Waals surface area contributed by atoms with E-state index >= 15 is 0 Å². The molecular weight excluding hydrogens is 344 g/mol. The number of hydrogen-bond donors (Lipinski definition) is 0. The zero-order valence-electron chi connectivity index (χ0n) is 15.2. The van der Waals surface area contributed by atoms with Gasteiger partial charge in [0.05, 0.1) is 19.1 Å². The van der Waals surface area contributed by atoms with E-state index in [1.54, 1.807) is 13.0 Å². The molecule has 0 aliphatic rings. The highest BCUT2D eigenvalue weighted by Gasteiger charge is 2.15. The maximum atomic E-state index is 12.2. The molecule has 0 aliphatic heterocycles. The van der Waals surface area contributed by atoms with Gasteiger partial charge in [-0.2, -0.15) is 0 Å². The van der Waals surface area contributed by atoms with Gasteiger partial charge in [-0.15, -0.1) is 0 Å². The first-order valence-electron chi connectivity index (χ1n) is 8.56. The second-order valence-corrected chi connectivity index (χ2v) is 6.03. The first kappa shape index (κ1) is 18.5. The number of benzene rings is 2. The van der Waals surface area contributed by atoms with Crippen LogP contribution in [0.4, 0.5) is 0 Å². The summed E-state index contributed by atoms with van der Waals surface area (Å²) in [5.41, 5.74) is 2.01. The first-order chi connectivity index (χ1) is 13.1. The molecule has 1 heterocycles. The van der Waals surface area contributed by atoms with Gasteiger partial charge in [-0.3, -0.25) is 4.79 Å². The standard InChI is InChI=1S/C22H20O5/c1-15-18-11-10-17(26-12-6-9-16-7-4-3-5-8-16)13-20(18)27-22(24)19(15)14-21(23)25-2/h3-11,13H,12,14H2,1-2H3. The molecule has 2 aromatic carbocycles. The number of carbonyl (C=O) groups is 1. The van der Waals surface area contributed by atoms with Crippen LogP contribution in [0.3, 0.4) is 0 Å². The Bertz CT molecular complexity index is 1030. The number of methoxy groups -OCH3 is 1. The molecular formula is C22H20O5. The largest absolute Gasteiger partial charge is 0.489 e. The van der Waals surface area contributed by atoms with E-state index in [1.165, 1.54) is 7.11 Å². The van der Waals surface area contributed by atoms with Crippen LogP contribution in [0.5, 0.6) is 5.75 Å². The van der Waals surface area contributed by atoms with E-state index in [1.807, 2.05) is 54.6 Å². The molecule has 0 aliphatic carbocycles. The molecule has 0 N–H and O–H groups in total. The van der Waals surface area contributed by atoms with E-state index in [0.717, 1.165) is 10.9 Å². The van der Waals surface area contributed by atoms with Gasteiger partial charge < -0.3 is 13.9 Å². The highest BCUT2D eigenvalue weighted by Crippen LogP contribution is 2.24. The average molecular weight is 364 g/mol. The maximum absolute atomic E-state index is 12.2. The van der Waals surface area contributed by atoms with Gasteiger partial charge in [0, 0.05) is 11.5 Å². The fourth-order valence-corrected chi connectivity index (χ4v) is 2.78. The van der Waals surface area contributed by atoms with Gasteiger partial charge in [-0.25, -0.2) is 4.79 Å². The van der Waals surface area contributed by atoms with E-state index < -0.39 is 11.6 Å². The highest BCUT2D eigenvalue weighted by molar-refractivity contribution is 5.84. The van der Waals surface area contributed by atoms with Crippen molar-refractivity contribution in [1.82, 2.24) is 0 Å². The van der Waals surface area contributed by atoms with Crippen LogP contribution in [0, 0.1) is 6.92 Å². The van der Waals surface area contributed by atoms with Crippen molar-refractivity contribution in [3.63, 3.8) is 0 Å². The summed E-state index contributed by atoms with van der Waals surface area (Å²) in [6, 6.07) is 15.3. The van der Waals surface area contributed by atoms with Crippen LogP contribution in [0.15, 0.2) is 63.8 Å². The fraction of sp³-hybridized carbons (Fsp3) is 0.182. The van der Waals surface area contributed by atoms with Crippen molar-refractivity contribution >= 4 is 23.0 Å². The molecule has 0 amide bonds. The van der Waals surface area contributed by atoms with Crippen LogP contribution in [0.1, 0.15) is 16.7 Å². The van der Waals surface area contributed by atoms with Gasteiger partial charge >= 0.3 is 11.6 Å². The molecule has 5 nitrogen and oxygen atoms in total. The number of aryl methyl sites for hydroxylation is 1. The number of esters is 1. The van der Waals surface area contributed by atoms with Crippen LogP contribution in [0.2, 0.25) is 0 Å². The lowest BCUT2D eigenvalue weighted by atomic mass is 10.0. The zero-order valence-corrected chi connectivity index (χ0v) is 15.2. The van der Waals surface area contributed by atoms with Crippen LogP contribution in [0.25, 0.3) is 17.0 Å². The Labute approximate surface area is 156 Å². The molecule has 0 saturated carbocycles. The van der Waals surface area contributed by atoms with Crippen molar-refractivity contribution in [2.24, 2.45) is 0 Å². The van der Waals surface area contributed by atoms with Gasteiger partial charge in [0.25, 0.3) is 0 Å². The Morgan fingerprint density at radius 3 is 2.67 bits per heavy atom. The van der Waals surface area contributed by atoms with Crippen molar-refractivity contribution in [3.05, 3.63) is 81.7 Å². The molecule has 0 bridgehead atoms. The second kappa shape index (κ2) is 8.36. The Kier molecular flexibility index (Phi) is 5.71. The number of ether oxygens (including phenoxy) is 2.